The zero-order valence-electron chi connectivity index (χ0n) is 6.27. The largest absolute Gasteiger partial charge is 0.321 e. The summed E-state index contributed by atoms with van der Waals surface area (Å²) in [6.45, 7) is 0. The van der Waals surface area contributed by atoms with Crippen LogP contribution in [0.4, 0.5) is 0 Å². The van der Waals surface area contributed by atoms with Crippen molar-refractivity contribution in [3.63, 3.8) is 0 Å². The van der Waals surface area contributed by atoms with Crippen LogP contribution in [0.1, 0.15) is 24.7 Å². The number of hydrogen-bond acceptors (Lipinski definition) is 3. The molecule has 0 bridgehead atoms. The highest BCUT2D eigenvalue weighted by molar-refractivity contribution is 5.00. The van der Waals surface area contributed by atoms with Gasteiger partial charge in [-0.25, -0.2) is 9.97 Å². The number of aromatic nitrogens is 2. The van der Waals surface area contributed by atoms with Crippen molar-refractivity contribution < 1.29 is 0 Å². The SMILES string of the molecule is N[C@H](c1ncccn1)C1CC1. The topological polar surface area (TPSA) is 51.8 Å². The molecule has 0 saturated heterocycles. The molecule has 1 saturated carbocycles. The van der Waals surface area contributed by atoms with Crippen LogP contribution >= 0.6 is 0 Å². The quantitative estimate of drug-likeness (QED) is 0.679. The van der Waals surface area contributed by atoms with Gasteiger partial charge in [0.15, 0.2) is 0 Å². The molecule has 11 heavy (non-hydrogen) atoms. The third kappa shape index (κ3) is 1.38. The molecule has 1 aliphatic rings. The summed E-state index contributed by atoms with van der Waals surface area (Å²) < 4.78 is 0. The second-order valence-corrected chi connectivity index (χ2v) is 2.97. The Bertz CT molecular complexity index is 230. The molecular weight excluding hydrogens is 138 g/mol. The van der Waals surface area contributed by atoms with E-state index in [1.54, 1.807) is 12.4 Å². The molecule has 3 nitrogen and oxygen atoms in total. The van der Waals surface area contributed by atoms with Crippen LogP contribution in [0.5, 0.6) is 0 Å². The predicted molar refractivity (Wildman–Crippen MR) is 41.7 cm³/mol. The van der Waals surface area contributed by atoms with Gasteiger partial charge in [-0.1, -0.05) is 0 Å². The summed E-state index contributed by atoms with van der Waals surface area (Å²) >= 11 is 0. The first kappa shape index (κ1) is 6.73. The van der Waals surface area contributed by atoms with Crippen molar-refractivity contribution >= 4 is 0 Å². The summed E-state index contributed by atoms with van der Waals surface area (Å²) in [6, 6.07) is 1.87. The molecule has 58 valence electrons. The Hall–Kier alpha value is -0.960. The highest BCUT2D eigenvalue weighted by Crippen LogP contribution is 2.37. The van der Waals surface area contributed by atoms with Gasteiger partial charge >= 0.3 is 0 Å². The smallest absolute Gasteiger partial charge is 0.145 e. The van der Waals surface area contributed by atoms with Crippen LogP contribution in [0.25, 0.3) is 0 Å². The normalized spacial score (nSPS) is 19.7. The summed E-state index contributed by atoms with van der Waals surface area (Å²) in [5, 5.41) is 0. The van der Waals surface area contributed by atoms with Crippen LogP contribution in [0.3, 0.4) is 0 Å². The van der Waals surface area contributed by atoms with E-state index in [4.69, 9.17) is 5.73 Å². The third-order valence-electron chi connectivity index (χ3n) is 2.01. The molecule has 1 heterocycles. The Kier molecular flexibility index (Phi) is 1.58. The maximum atomic E-state index is 5.88. The van der Waals surface area contributed by atoms with Crippen LogP contribution in [0, 0.1) is 5.92 Å². The zero-order valence-corrected chi connectivity index (χ0v) is 6.27. The molecule has 0 amide bonds. The molecule has 1 atom stereocenters. The van der Waals surface area contributed by atoms with Gasteiger partial charge in [0.1, 0.15) is 5.82 Å². The van der Waals surface area contributed by atoms with E-state index in [9.17, 15) is 0 Å². The zero-order chi connectivity index (χ0) is 7.68. The fraction of sp³-hybridized carbons (Fsp3) is 0.500. The molecule has 0 aliphatic heterocycles. The van der Waals surface area contributed by atoms with Crippen molar-refractivity contribution in [2.45, 2.75) is 18.9 Å². The van der Waals surface area contributed by atoms with Crippen LogP contribution in [-0.2, 0) is 0 Å². The van der Waals surface area contributed by atoms with E-state index in [2.05, 4.69) is 9.97 Å². The summed E-state index contributed by atoms with van der Waals surface area (Å²) in [4.78, 5) is 8.21. The van der Waals surface area contributed by atoms with Crippen LogP contribution in [0.2, 0.25) is 0 Å². The van der Waals surface area contributed by atoms with Crippen molar-refractivity contribution in [3.05, 3.63) is 24.3 Å². The van der Waals surface area contributed by atoms with Gasteiger partial charge in [-0.3, -0.25) is 0 Å². The van der Waals surface area contributed by atoms with Gasteiger partial charge in [-0.2, -0.15) is 0 Å². The Morgan fingerprint density at radius 2 is 2.00 bits per heavy atom. The second kappa shape index (κ2) is 2.58. The molecule has 0 unspecified atom stereocenters. The average Bonchev–Trinajstić information content (AvgIpc) is 2.87. The van der Waals surface area contributed by atoms with E-state index in [0.717, 1.165) is 5.82 Å². The van der Waals surface area contributed by atoms with E-state index in [-0.39, 0.29) is 6.04 Å². The number of nitrogens with two attached hydrogens (primary N) is 1. The van der Waals surface area contributed by atoms with E-state index in [0.29, 0.717) is 5.92 Å². The average molecular weight is 149 g/mol. The fourth-order valence-corrected chi connectivity index (χ4v) is 1.15. The van der Waals surface area contributed by atoms with Gasteiger partial charge in [0.25, 0.3) is 0 Å². The molecule has 0 radical (unpaired) electrons. The van der Waals surface area contributed by atoms with E-state index in [1.807, 2.05) is 6.07 Å². The summed E-state index contributed by atoms with van der Waals surface area (Å²) in [5.74, 6) is 1.42. The van der Waals surface area contributed by atoms with Crippen molar-refractivity contribution in [2.75, 3.05) is 0 Å². The van der Waals surface area contributed by atoms with Gasteiger partial charge in [-0.15, -0.1) is 0 Å². The lowest BCUT2D eigenvalue weighted by atomic mass is 10.2. The van der Waals surface area contributed by atoms with Gasteiger partial charge < -0.3 is 5.73 Å². The van der Waals surface area contributed by atoms with E-state index >= 15 is 0 Å². The van der Waals surface area contributed by atoms with Crippen LogP contribution in [0.15, 0.2) is 18.5 Å². The van der Waals surface area contributed by atoms with Crippen molar-refractivity contribution in [3.8, 4) is 0 Å². The highest BCUT2D eigenvalue weighted by Gasteiger charge is 2.30. The van der Waals surface area contributed by atoms with Gasteiger partial charge in [0.05, 0.1) is 6.04 Å². The predicted octanol–water partition coefficient (Wildman–Crippen LogP) is 0.886. The van der Waals surface area contributed by atoms with Gasteiger partial charge in [-0.05, 0) is 24.8 Å². The maximum Gasteiger partial charge on any atom is 0.145 e. The second-order valence-electron chi connectivity index (χ2n) is 2.97. The molecule has 1 aromatic rings. The van der Waals surface area contributed by atoms with Crippen molar-refractivity contribution in [2.24, 2.45) is 11.7 Å². The highest BCUT2D eigenvalue weighted by atomic mass is 14.9. The minimum Gasteiger partial charge on any atom is -0.321 e. The first-order valence-corrected chi connectivity index (χ1v) is 3.90. The first-order valence-electron chi connectivity index (χ1n) is 3.90. The van der Waals surface area contributed by atoms with E-state index in [1.165, 1.54) is 12.8 Å². The summed E-state index contributed by atoms with van der Waals surface area (Å²) in [7, 11) is 0. The van der Waals surface area contributed by atoms with Gasteiger partial charge in [0.2, 0.25) is 0 Å². The Morgan fingerprint density at radius 3 is 2.55 bits per heavy atom. The van der Waals surface area contributed by atoms with Gasteiger partial charge in [0, 0.05) is 12.4 Å². The molecule has 0 aromatic carbocycles. The molecular formula is C8H11N3. The fourth-order valence-electron chi connectivity index (χ4n) is 1.15. The minimum atomic E-state index is 0.0659. The Labute approximate surface area is 65.7 Å². The molecule has 1 fully saturated rings. The standard InChI is InChI=1S/C8H11N3/c9-7(6-2-3-6)8-10-4-1-5-11-8/h1,4-7H,2-3,9H2/t7-/m0/s1. The number of rotatable bonds is 2. The van der Waals surface area contributed by atoms with Crippen LogP contribution in [-0.4, -0.2) is 9.97 Å². The monoisotopic (exact) mass is 149 g/mol. The minimum absolute atomic E-state index is 0.0659. The number of nitrogens with zero attached hydrogens (tertiary/aromatic N) is 2. The lowest BCUT2D eigenvalue weighted by molar-refractivity contribution is 0.593. The Balaban J connectivity index is 2.15. The molecule has 2 rings (SSSR count). The number of hydrogen-bond donors (Lipinski definition) is 1. The lowest BCUT2D eigenvalue weighted by Crippen LogP contribution is -2.15. The molecule has 0 spiro atoms. The summed E-state index contributed by atoms with van der Waals surface area (Å²) in [6.07, 6.45) is 5.95. The third-order valence-corrected chi connectivity index (χ3v) is 2.01. The van der Waals surface area contributed by atoms with E-state index < -0.39 is 0 Å². The maximum absolute atomic E-state index is 5.88. The molecule has 1 aliphatic carbocycles. The lowest BCUT2D eigenvalue weighted by Gasteiger charge is -2.06. The summed E-state index contributed by atoms with van der Waals surface area (Å²) in [5.41, 5.74) is 5.88. The molecule has 2 N–H and O–H groups in total. The van der Waals surface area contributed by atoms with Crippen molar-refractivity contribution in [1.82, 2.24) is 9.97 Å². The first-order chi connectivity index (χ1) is 5.38. The molecule has 3 heteroatoms. The van der Waals surface area contributed by atoms with Crippen molar-refractivity contribution in [1.29, 1.82) is 0 Å². The molecule has 1 aromatic heterocycles. The Morgan fingerprint density at radius 1 is 1.36 bits per heavy atom. The van der Waals surface area contributed by atoms with Crippen LogP contribution < -0.4 is 5.73 Å².